The molecule has 35 heavy (non-hydrogen) atoms. The Morgan fingerprint density at radius 2 is 2.00 bits per heavy atom. The third-order valence-electron chi connectivity index (χ3n) is 4.81. The molecule has 0 N–H and O–H groups in total. The average Bonchev–Trinajstić information content (AvgIpc) is 3.11. The Hall–Kier alpha value is -3.21. The minimum absolute atomic E-state index is 0.0986. The molecule has 2 aromatic carbocycles. The maximum atomic E-state index is 13.2. The smallest absolute Gasteiger partial charge is 0.416 e. The summed E-state index contributed by atoms with van der Waals surface area (Å²) in [5.74, 6) is 0.960. The average molecular weight is 575 g/mol. The molecular formula is C22H19BrClF2N3O6. The summed E-state index contributed by atoms with van der Waals surface area (Å²) in [7, 11) is 0. The van der Waals surface area contributed by atoms with Crippen molar-refractivity contribution in [2.45, 2.75) is 39.0 Å². The number of hydrogen-bond donors (Lipinski definition) is 0. The van der Waals surface area contributed by atoms with Gasteiger partial charge in [0.2, 0.25) is 5.82 Å². The minimum atomic E-state index is -3.18. The molecule has 1 fully saturated rings. The fourth-order valence-corrected chi connectivity index (χ4v) is 4.37. The number of carbonyl (C=O) groups excluding carboxylic acids is 2. The van der Waals surface area contributed by atoms with Gasteiger partial charge in [-0.25, -0.2) is 9.59 Å². The van der Waals surface area contributed by atoms with Crippen molar-refractivity contribution < 1.29 is 32.8 Å². The Labute approximate surface area is 212 Å². The number of nitrogens with zero attached hydrogens (tertiary/aromatic N) is 3. The van der Waals surface area contributed by atoms with Crippen LogP contribution in [0.5, 0.6) is 5.75 Å². The first-order chi connectivity index (χ1) is 16.3. The third kappa shape index (κ3) is 5.72. The molecule has 1 unspecified atom stereocenters. The molecule has 0 aliphatic carbocycles. The molecule has 0 saturated carbocycles. The third-order valence-corrected chi connectivity index (χ3v) is 5.74. The van der Waals surface area contributed by atoms with Crippen molar-refractivity contribution in [3.05, 3.63) is 67.4 Å². The Balaban J connectivity index is 2.28. The van der Waals surface area contributed by atoms with Crippen LogP contribution in [0.25, 0.3) is 0 Å². The standard InChI is InChI=1S/C22H19BrClF2N3O6/c1-22(2,3)35-21(31)27-10-16(19-13(23)5-4-6-17(19)34-20(25)26)28(18(27)11-30)15-9-12(24)7-8-14(15)29(32)33/h4-9,16,20H,10H2,1-3H3. The molecule has 1 aliphatic heterocycles. The minimum Gasteiger partial charge on any atom is -0.443 e. The SMILES string of the molecule is CC(C)(C)OC(=O)N1CC(c2c(Br)cccc2OC(F)F)N(c2cc(Cl)ccc2[N+](=O)[O-])C1=C=O. The monoisotopic (exact) mass is 573 g/mol. The van der Waals surface area contributed by atoms with Gasteiger partial charge in [0.1, 0.15) is 17.0 Å². The lowest BCUT2D eigenvalue weighted by Gasteiger charge is -2.27. The quantitative estimate of drug-likeness (QED) is 0.242. The van der Waals surface area contributed by atoms with Crippen LogP contribution in [0.15, 0.2) is 46.7 Å². The number of carbonyl (C=O) groups is 1. The zero-order valence-corrected chi connectivity index (χ0v) is 21.0. The van der Waals surface area contributed by atoms with Crippen LogP contribution in [-0.4, -0.2) is 40.6 Å². The van der Waals surface area contributed by atoms with Crippen LogP contribution < -0.4 is 9.64 Å². The highest BCUT2D eigenvalue weighted by atomic mass is 79.9. The molecule has 9 nitrogen and oxygen atoms in total. The molecule has 1 saturated heterocycles. The largest absolute Gasteiger partial charge is 0.443 e. The number of nitro groups is 1. The van der Waals surface area contributed by atoms with E-state index in [1.54, 1.807) is 32.8 Å². The van der Waals surface area contributed by atoms with Gasteiger partial charge in [-0.2, -0.15) is 8.78 Å². The van der Waals surface area contributed by atoms with E-state index < -0.39 is 40.8 Å². The van der Waals surface area contributed by atoms with Gasteiger partial charge < -0.3 is 14.4 Å². The zero-order chi connectivity index (χ0) is 26.1. The van der Waals surface area contributed by atoms with Gasteiger partial charge in [-0.05, 0) is 45.0 Å². The Morgan fingerprint density at radius 3 is 2.57 bits per heavy atom. The number of benzene rings is 2. The number of alkyl halides is 2. The predicted octanol–water partition coefficient (Wildman–Crippen LogP) is 6.08. The van der Waals surface area contributed by atoms with Crippen LogP contribution in [0.3, 0.4) is 0 Å². The summed E-state index contributed by atoms with van der Waals surface area (Å²) in [6.07, 6.45) is -0.934. The lowest BCUT2D eigenvalue weighted by Crippen LogP contribution is -2.35. The van der Waals surface area contributed by atoms with E-state index in [4.69, 9.17) is 16.3 Å². The summed E-state index contributed by atoms with van der Waals surface area (Å²) >= 11 is 9.41. The van der Waals surface area contributed by atoms with Gasteiger partial charge in [0.15, 0.2) is 5.94 Å². The van der Waals surface area contributed by atoms with E-state index >= 15 is 0 Å². The van der Waals surface area contributed by atoms with E-state index in [9.17, 15) is 28.5 Å². The van der Waals surface area contributed by atoms with Gasteiger partial charge in [-0.1, -0.05) is 33.6 Å². The van der Waals surface area contributed by atoms with E-state index in [-0.39, 0.29) is 28.6 Å². The second-order valence-electron chi connectivity index (χ2n) is 8.32. The van der Waals surface area contributed by atoms with Crippen molar-refractivity contribution in [2.24, 2.45) is 0 Å². The number of amides is 1. The maximum absolute atomic E-state index is 13.2. The summed E-state index contributed by atoms with van der Waals surface area (Å²) in [5, 5.41) is 11.9. The molecule has 3 rings (SSSR count). The van der Waals surface area contributed by atoms with Gasteiger partial charge in [-0.15, -0.1) is 0 Å². The van der Waals surface area contributed by atoms with Crippen LogP contribution in [0.2, 0.25) is 5.02 Å². The highest BCUT2D eigenvalue weighted by Gasteiger charge is 2.46. The number of nitro benzene ring substituents is 1. The summed E-state index contributed by atoms with van der Waals surface area (Å²) in [4.78, 5) is 38.3. The summed E-state index contributed by atoms with van der Waals surface area (Å²) in [6.45, 7) is 1.37. The molecule has 13 heteroatoms. The number of hydrogen-bond acceptors (Lipinski definition) is 7. The van der Waals surface area contributed by atoms with Crippen molar-refractivity contribution in [3.63, 3.8) is 0 Å². The topological polar surface area (TPSA) is 102 Å². The van der Waals surface area contributed by atoms with Crippen molar-refractivity contribution in [2.75, 3.05) is 11.4 Å². The van der Waals surface area contributed by atoms with Gasteiger partial charge in [0.05, 0.1) is 17.5 Å². The van der Waals surface area contributed by atoms with Gasteiger partial charge >= 0.3 is 12.7 Å². The normalized spacial score (nSPS) is 15.9. The molecule has 186 valence electrons. The van der Waals surface area contributed by atoms with Crippen LogP contribution >= 0.6 is 27.5 Å². The van der Waals surface area contributed by atoms with Crippen LogP contribution in [-0.2, 0) is 9.53 Å². The van der Waals surface area contributed by atoms with E-state index in [1.165, 1.54) is 24.3 Å². The van der Waals surface area contributed by atoms with Crippen molar-refractivity contribution in [1.82, 2.24) is 4.90 Å². The van der Waals surface area contributed by atoms with Crippen molar-refractivity contribution in [1.29, 1.82) is 0 Å². The number of halogens is 4. The Bertz CT molecular complexity index is 1220. The fourth-order valence-electron chi connectivity index (χ4n) is 3.59. The lowest BCUT2D eigenvalue weighted by atomic mass is 10.0. The maximum Gasteiger partial charge on any atom is 0.416 e. The number of anilines is 1. The summed E-state index contributed by atoms with van der Waals surface area (Å²) < 4.78 is 36.7. The van der Waals surface area contributed by atoms with Crippen LogP contribution in [0.1, 0.15) is 32.4 Å². The highest BCUT2D eigenvalue weighted by Crippen LogP contribution is 2.47. The molecule has 1 aliphatic rings. The molecule has 0 spiro atoms. The van der Waals surface area contributed by atoms with E-state index in [0.29, 0.717) is 4.47 Å². The molecule has 0 aromatic heterocycles. The molecule has 2 aromatic rings. The predicted molar refractivity (Wildman–Crippen MR) is 126 cm³/mol. The van der Waals surface area contributed by atoms with Crippen LogP contribution in [0.4, 0.5) is 25.0 Å². The molecule has 1 amide bonds. The molecule has 1 atom stereocenters. The number of ether oxygens (including phenoxy) is 2. The zero-order valence-electron chi connectivity index (χ0n) is 18.6. The van der Waals surface area contributed by atoms with E-state index in [2.05, 4.69) is 20.7 Å². The second kappa shape index (κ2) is 10.2. The highest BCUT2D eigenvalue weighted by molar-refractivity contribution is 9.10. The van der Waals surface area contributed by atoms with E-state index in [1.807, 2.05) is 0 Å². The first-order valence-corrected chi connectivity index (χ1v) is 11.2. The summed E-state index contributed by atoms with van der Waals surface area (Å²) in [5.41, 5.74) is -1.43. The van der Waals surface area contributed by atoms with Gasteiger partial charge in [0.25, 0.3) is 5.69 Å². The fraction of sp³-hybridized carbons (Fsp3) is 0.318. The molecule has 0 radical (unpaired) electrons. The Morgan fingerprint density at radius 1 is 1.31 bits per heavy atom. The van der Waals surface area contributed by atoms with Crippen LogP contribution in [0, 0.1) is 10.1 Å². The van der Waals surface area contributed by atoms with E-state index in [0.717, 1.165) is 15.9 Å². The van der Waals surface area contributed by atoms with Crippen molar-refractivity contribution >= 4 is 50.9 Å². The molecular weight excluding hydrogens is 556 g/mol. The lowest BCUT2D eigenvalue weighted by molar-refractivity contribution is -0.384. The summed E-state index contributed by atoms with van der Waals surface area (Å²) in [6, 6.07) is 6.82. The van der Waals surface area contributed by atoms with Crippen molar-refractivity contribution in [3.8, 4) is 5.75 Å². The molecule has 0 bridgehead atoms. The molecule has 1 heterocycles. The first kappa shape index (κ1) is 26.4. The van der Waals surface area contributed by atoms with Gasteiger partial charge in [-0.3, -0.25) is 15.0 Å². The number of rotatable bonds is 5. The second-order valence-corrected chi connectivity index (χ2v) is 9.61. The Kier molecular flexibility index (Phi) is 7.68. The first-order valence-electron chi connectivity index (χ1n) is 10.1. The van der Waals surface area contributed by atoms with Gasteiger partial charge in [0, 0.05) is 21.1 Å².